The predicted octanol–water partition coefficient (Wildman–Crippen LogP) is 2.67. The molecule has 4 nitrogen and oxygen atoms in total. The van der Waals surface area contributed by atoms with Crippen LogP contribution in [0.25, 0.3) is 0 Å². The molecule has 0 spiro atoms. The van der Waals surface area contributed by atoms with Crippen LogP contribution < -0.4 is 11.1 Å². The third-order valence-corrected chi connectivity index (χ3v) is 2.73. The highest BCUT2D eigenvalue weighted by Gasteiger charge is 2.09. The SMILES string of the molecule is Cc1ccc(C(=O)Nc2ccc(F)c(N)c2)cc1O. The first-order chi connectivity index (χ1) is 8.97. The molecule has 5 heteroatoms. The molecule has 0 atom stereocenters. The van der Waals surface area contributed by atoms with E-state index < -0.39 is 11.7 Å². The van der Waals surface area contributed by atoms with Crippen molar-refractivity contribution >= 4 is 17.3 Å². The summed E-state index contributed by atoms with van der Waals surface area (Å²) in [5, 5.41) is 12.1. The lowest BCUT2D eigenvalue weighted by atomic mass is 10.1. The van der Waals surface area contributed by atoms with Gasteiger partial charge in [-0.2, -0.15) is 0 Å². The number of benzene rings is 2. The summed E-state index contributed by atoms with van der Waals surface area (Å²) >= 11 is 0. The van der Waals surface area contributed by atoms with Crippen molar-refractivity contribution in [1.29, 1.82) is 0 Å². The molecule has 0 aliphatic rings. The van der Waals surface area contributed by atoms with Gasteiger partial charge in [0.15, 0.2) is 0 Å². The van der Waals surface area contributed by atoms with Crippen molar-refractivity contribution < 1.29 is 14.3 Å². The van der Waals surface area contributed by atoms with E-state index in [-0.39, 0.29) is 11.4 Å². The molecule has 0 aliphatic carbocycles. The first-order valence-corrected chi connectivity index (χ1v) is 5.63. The van der Waals surface area contributed by atoms with Crippen LogP contribution in [0.15, 0.2) is 36.4 Å². The van der Waals surface area contributed by atoms with Gasteiger partial charge >= 0.3 is 0 Å². The molecular weight excluding hydrogens is 247 g/mol. The summed E-state index contributed by atoms with van der Waals surface area (Å²) in [6.07, 6.45) is 0. The molecule has 2 aromatic rings. The van der Waals surface area contributed by atoms with E-state index in [9.17, 15) is 14.3 Å². The van der Waals surface area contributed by atoms with Crippen LogP contribution >= 0.6 is 0 Å². The number of nitrogens with two attached hydrogens (primary N) is 1. The van der Waals surface area contributed by atoms with Gasteiger partial charge in [-0.15, -0.1) is 0 Å². The van der Waals surface area contributed by atoms with E-state index in [0.717, 1.165) is 0 Å². The molecule has 19 heavy (non-hydrogen) atoms. The van der Waals surface area contributed by atoms with Crippen LogP contribution in [0, 0.1) is 12.7 Å². The minimum atomic E-state index is -0.536. The predicted molar refractivity (Wildman–Crippen MR) is 71.6 cm³/mol. The highest BCUT2D eigenvalue weighted by molar-refractivity contribution is 6.04. The highest BCUT2D eigenvalue weighted by atomic mass is 19.1. The van der Waals surface area contributed by atoms with Crippen molar-refractivity contribution in [1.82, 2.24) is 0 Å². The van der Waals surface area contributed by atoms with Crippen molar-refractivity contribution in [2.45, 2.75) is 6.92 Å². The first-order valence-electron chi connectivity index (χ1n) is 5.63. The molecule has 2 aromatic carbocycles. The Hall–Kier alpha value is -2.56. The Kier molecular flexibility index (Phi) is 3.37. The Morgan fingerprint density at radius 3 is 2.63 bits per heavy atom. The van der Waals surface area contributed by atoms with Crippen LogP contribution in [0.3, 0.4) is 0 Å². The summed E-state index contributed by atoms with van der Waals surface area (Å²) in [6.45, 7) is 1.73. The molecule has 0 aromatic heterocycles. The second-order valence-corrected chi connectivity index (χ2v) is 4.19. The minimum absolute atomic E-state index is 0.0375. The number of nitrogens with one attached hydrogen (secondary N) is 1. The molecule has 2 rings (SSSR count). The normalized spacial score (nSPS) is 10.2. The molecule has 0 saturated carbocycles. The van der Waals surface area contributed by atoms with Gasteiger partial charge < -0.3 is 16.2 Å². The van der Waals surface area contributed by atoms with Gasteiger partial charge in [0.25, 0.3) is 5.91 Å². The third-order valence-electron chi connectivity index (χ3n) is 2.73. The summed E-state index contributed by atoms with van der Waals surface area (Å²) in [4.78, 5) is 11.9. The van der Waals surface area contributed by atoms with Crippen LogP contribution in [0.2, 0.25) is 0 Å². The molecule has 4 N–H and O–H groups in total. The molecule has 1 amide bonds. The van der Waals surface area contributed by atoms with Gasteiger partial charge in [-0.3, -0.25) is 4.79 Å². The second kappa shape index (κ2) is 4.97. The maximum absolute atomic E-state index is 13.0. The number of phenols is 1. The smallest absolute Gasteiger partial charge is 0.255 e. The van der Waals surface area contributed by atoms with Gasteiger partial charge in [-0.1, -0.05) is 6.07 Å². The molecular formula is C14H13FN2O2. The van der Waals surface area contributed by atoms with Crippen molar-refractivity contribution in [3.63, 3.8) is 0 Å². The zero-order valence-corrected chi connectivity index (χ0v) is 10.3. The number of nitrogen functional groups attached to an aromatic ring is 1. The van der Waals surface area contributed by atoms with Gasteiger partial charge in [0.2, 0.25) is 0 Å². The van der Waals surface area contributed by atoms with E-state index in [2.05, 4.69) is 5.32 Å². The van der Waals surface area contributed by atoms with Crippen LogP contribution in [0.1, 0.15) is 15.9 Å². The minimum Gasteiger partial charge on any atom is -0.508 e. The average molecular weight is 260 g/mol. The van der Waals surface area contributed by atoms with Gasteiger partial charge in [-0.25, -0.2) is 4.39 Å². The number of halogens is 1. The van der Waals surface area contributed by atoms with E-state index in [4.69, 9.17) is 5.73 Å². The Labute approximate surface area is 109 Å². The van der Waals surface area contributed by atoms with Crippen LogP contribution in [0.5, 0.6) is 5.75 Å². The second-order valence-electron chi connectivity index (χ2n) is 4.19. The van der Waals surface area contributed by atoms with Crippen LogP contribution in [-0.4, -0.2) is 11.0 Å². The van der Waals surface area contributed by atoms with E-state index in [1.807, 2.05) is 0 Å². The standard InChI is InChI=1S/C14H13FN2O2/c1-8-2-3-9(6-13(8)18)14(19)17-10-4-5-11(15)12(16)7-10/h2-7,18H,16H2,1H3,(H,17,19). The number of anilines is 2. The Bertz CT molecular complexity index is 641. The molecule has 0 fully saturated rings. The summed E-state index contributed by atoms with van der Waals surface area (Å²) in [7, 11) is 0. The third kappa shape index (κ3) is 2.82. The Morgan fingerprint density at radius 2 is 2.00 bits per heavy atom. The number of aryl methyl sites for hydroxylation is 1. The summed E-state index contributed by atoms with van der Waals surface area (Å²) in [5.41, 5.74) is 6.76. The van der Waals surface area contributed by atoms with Gasteiger partial charge in [0.05, 0.1) is 5.69 Å². The lowest BCUT2D eigenvalue weighted by Gasteiger charge is -2.07. The number of rotatable bonds is 2. The zero-order valence-electron chi connectivity index (χ0n) is 10.3. The number of hydrogen-bond acceptors (Lipinski definition) is 3. The fourth-order valence-electron chi connectivity index (χ4n) is 1.58. The molecule has 98 valence electrons. The fourth-order valence-corrected chi connectivity index (χ4v) is 1.58. The number of phenolic OH excluding ortho intramolecular Hbond substituents is 1. The van der Waals surface area contributed by atoms with Crippen molar-refractivity contribution in [3.8, 4) is 5.75 Å². The Balaban J connectivity index is 2.20. The highest BCUT2D eigenvalue weighted by Crippen LogP contribution is 2.20. The first kappa shape index (κ1) is 12.9. The zero-order chi connectivity index (χ0) is 14.0. The molecule has 0 unspecified atom stereocenters. The van der Waals surface area contributed by atoms with E-state index in [1.165, 1.54) is 24.3 Å². The van der Waals surface area contributed by atoms with Crippen molar-refractivity contribution in [2.75, 3.05) is 11.1 Å². The van der Waals surface area contributed by atoms with E-state index in [0.29, 0.717) is 16.8 Å². The summed E-state index contributed by atoms with van der Waals surface area (Å²) in [5.74, 6) is -0.890. The van der Waals surface area contributed by atoms with Gasteiger partial charge in [0.1, 0.15) is 11.6 Å². The quantitative estimate of drug-likeness (QED) is 0.727. The van der Waals surface area contributed by atoms with Crippen LogP contribution in [-0.2, 0) is 0 Å². The van der Waals surface area contributed by atoms with Crippen molar-refractivity contribution in [3.05, 3.63) is 53.3 Å². The number of amides is 1. The molecule has 0 heterocycles. The van der Waals surface area contributed by atoms with E-state index in [1.54, 1.807) is 19.1 Å². The molecule has 0 saturated heterocycles. The van der Waals surface area contributed by atoms with Gasteiger partial charge in [0, 0.05) is 11.3 Å². The number of hydrogen-bond donors (Lipinski definition) is 3. The lowest BCUT2D eigenvalue weighted by Crippen LogP contribution is -2.12. The molecule has 0 aliphatic heterocycles. The maximum atomic E-state index is 13.0. The van der Waals surface area contributed by atoms with Crippen molar-refractivity contribution in [2.24, 2.45) is 0 Å². The molecule has 0 bridgehead atoms. The largest absolute Gasteiger partial charge is 0.508 e. The lowest BCUT2D eigenvalue weighted by molar-refractivity contribution is 0.102. The Morgan fingerprint density at radius 1 is 1.26 bits per heavy atom. The topological polar surface area (TPSA) is 75.4 Å². The van der Waals surface area contributed by atoms with E-state index >= 15 is 0 Å². The summed E-state index contributed by atoms with van der Waals surface area (Å²) < 4.78 is 13.0. The monoisotopic (exact) mass is 260 g/mol. The fraction of sp³-hybridized carbons (Fsp3) is 0.0714. The maximum Gasteiger partial charge on any atom is 0.255 e. The number of aromatic hydroxyl groups is 1. The summed E-state index contributed by atoms with van der Waals surface area (Å²) in [6, 6.07) is 8.54. The number of carbonyl (C=O) groups excluding carboxylic acids is 1. The number of carbonyl (C=O) groups is 1. The van der Waals surface area contributed by atoms with Crippen LogP contribution in [0.4, 0.5) is 15.8 Å². The molecule has 0 radical (unpaired) electrons. The average Bonchev–Trinajstić information content (AvgIpc) is 2.37. The van der Waals surface area contributed by atoms with Gasteiger partial charge in [-0.05, 0) is 42.8 Å².